The van der Waals surface area contributed by atoms with Crippen LogP contribution in [0.3, 0.4) is 0 Å². The van der Waals surface area contributed by atoms with E-state index in [2.05, 4.69) is 67.4 Å². The lowest BCUT2D eigenvalue weighted by molar-refractivity contribution is 0.306. The highest BCUT2D eigenvalue weighted by atomic mass is 16.5. The third-order valence-electron chi connectivity index (χ3n) is 4.62. The number of hydrogen-bond donors (Lipinski definition) is 1. The van der Waals surface area contributed by atoms with Crippen LogP contribution in [-0.4, -0.2) is 4.98 Å². The highest BCUT2D eigenvalue weighted by Gasteiger charge is 2.10. The van der Waals surface area contributed by atoms with Crippen LogP contribution in [0.25, 0.3) is 22.2 Å². The first-order chi connectivity index (χ1) is 12.2. The Morgan fingerprint density at radius 1 is 0.840 bits per heavy atom. The molecule has 0 aliphatic rings. The summed E-state index contributed by atoms with van der Waals surface area (Å²) in [5.41, 5.74) is 7.23. The smallest absolute Gasteiger partial charge is 0.120 e. The lowest BCUT2D eigenvalue weighted by Gasteiger charge is -2.06. The molecular formula is C23H21NO. The zero-order valence-electron chi connectivity index (χ0n) is 14.5. The number of nitrogens with one attached hydrogen (secondary N) is 1. The van der Waals surface area contributed by atoms with Gasteiger partial charge in [-0.2, -0.15) is 0 Å². The molecule has 1 N–H and O–H groups in total. The van der Waals surface area contributed by atoms with Crippen LogP contribution in [0, 0.1) is 13.8 Å². The molecule has 0 unspecified atom stereocenters. The molecule has 0 aliphatic carbocycles. The van der Waals surface area contributed by atoms with Crippen LogP contribution in [0.1, 0.15) is 16.7 Å². The Morgan fingerprint density at radius 3 is 2.36 bits per heavy atom. The van der Waals surface area contributed by atoms with Gasteiger partial charge in [0.1, 0.15) is 12.4 Å². The second-order valence-corrected chi connectivity index (χ2v) is 6.47. The van der Waals surface area contributed by atoms with Crippen molar-refractivity contribution in [1.82, 2.24) is 4.98 Å². The van der Waals surface area contributed by atoms with Crippen LogP contribution in [0.15, 0.2) is 72.8 Å². The van der Waals surface area contributed by atoms with Crippen molar-refractivity contribution in [3.63, 3.8) is 0 Å². The quantitative estimate of drug-likeness (QED) is 0.486. The number of ether oxygens (including phenoxy) is 1. The lowest BCUT2D eigenvalue weighted by atomic mass is 10.1. The zero-order valence-corrected chi connectivity index (χ0v) is 14.5. The maximum Gasteiger partial charge on any atom is 0.120 e. The van der Waals surface area contributed by atoms with Gasteiger partial charge in [0.15, 0.2) is 0 Å². The van der Waals surface area contributed by atoms with Gasteiger partial charge in [0.05, 0.1) is 0 Å². The minimum Gasteiger partial charge on any atom is -0.489 e. The Morgan fingerprint density at radius 2 is 1.60 bits per heavy atom. The van der Waals surface area contributed by atoms with E-state index in [0.29, 0.717) is 6.61 Å². The third-order valence-corrected chi connectivity index (χ3v) is 4.62. The molecule has 0 bridgehead atoms. The van der Waals surface area contributed by atoms with Crippen LogP contribution in [0.4, 0.5) is 0 Å². The van der Waals surface area contributed by atoms with Crippen molar-refractivity contribution in [3.05, 3.63) is 89.5 Å². The Kier molecular flexibility index (Phi) is 4.02. The van der Waals surface area contributed by atoms with Crippen LogP contribution >= 0.6 is 0 Å². The van der Waals surface area contributed by atoms with Crippen molar-refractivity contribution < 1.29 is 4.74 Å². The van der Waals surface area contributed by atoms with Crippen molar-refractivity contribution in [2.24, 2.45) is 0 Å². The minimum atomic E-state index is 0.584. The van der Waals surface area contributed by atoms with Crippen molar-refractivity contribution in [2.45, 2.75) is 20.5 Å². The number of benzene rings is 3. The molecule has 0 aliphatic heterocycles. The molecule has 4 aromatic rings. The summed E-state index contributed by atoms with van der Waals surface area (Å²) >= 11 is 0. The van der Waals surface area contributed by atoms with Gasteiger partial charge in [0.2, 0.25) is 0 Å². The van der Waals surface area contributed by atoms with Gasteiger partial charge in [-0.25, -0.2) is 0 Å². The average Bonchev–Trinajstić information content (AvgIpc) is 2.98. The van der Waals surface area contributed by atoms with E-state index in [1.807, 2.05) is 24.3 Å². The molecule has 0 saturated heterocycles. The Balaban J connectivity index is 1.64. The largest absolute Gasteiger partial charge is 0.489 e. The zero-order chi connectivity index (χ0) is 17.2. The fourth-order valence-electron chi connectivity index (χ4n) is 3.15. The van der Waals surface area contributed by atoms with E-state index in [-0.39, 0.29) is 0 Å². The second-order valence-electron chi connectivity index (χ2n) is 6.47. The lowest BCUT2D eigenvalue weighted by Crippen LogP contribution is -1.94. The van der Waals surface area contributed by atoms with Crippen molar-refractivity contribution in [1.29, 1.82) is 0 Å². The molecule has 0 atom stereocenters. The number of aryl methyl sites for hydroxylation is 2. The number of rotatable bonds is 4. The molecule has 0 radical (unpaired) electrons. The van der Waals surface area contributed by atoms with Gasteiger partial charge in [0.25, 0.3) is 0 Å². The fourth-order valence-corrected chi connectivity index (χ4v) is 3.15. The monoisotopic (exact) mass is 327 g/mol. The van der Waals surface area contributed by atoms with Crippen LogP contribution in [-0.2, 0) is 6.61 Å². The number of aromatic amines is 1. The van der Waals surface area contributed by atoms with E-state index < -0.39 is 0 Å². The average molecular weight is 327 g/mol. The van der Waals surface area contributed by atoms with Crippen molar-refractivity contribution in [3.8, 4) is 17.0 Å². The first kappa shape index (κ1) is 15.5. The summed E-state index contributed by atoms with van der Waals surface area (Å²) < 4.78 is 5.97. The molecule has 2 nitrogen and oxygen atoms in total. The number of hydrogen-bond acceptors (Lipinski definition) is 1. The number of H-pyrrole nitrogens is 1. The van der Waals surface area contributed by atoms with Crippen molar-refractivity contribution >= 4 is 10.9 Å². The summed E-state index contributed by atoms with van der Waals surface area (Å²) in [5, 5.41) is 1.21. The first-order valence-corrected chi connectivity index (χ1v) is 8.57. The maximum atomic E-state index is 5.97. The normalized spacial score (nSPS) is 11.0. The summed E-state index contributed by atoms with van der Waals surface area (Å²) in [6.07, 6.45) is 0. The van der Waals surface area contributed by atoms with Gasteiger partial charge in [-0.15, -0.1) is 0 Å². The molecule has 2 heteroatoms. The van der Waals surface area contributed by atoms with Gasteiger partial charge >= 0.3 is 0 Å². The van der Waals surface area contributed by atoms with E-state index in [4.69, 9.17) is 4.74 Å². The summed E-state index contributed by atoms with van der Waals surface area (Å²) in [4.78, 5) is 3.55. The molecule has 0 amide bonds. The molecule has 0 spiro atoms. The Labute approximate surface area is 148 Å². The molecular weight excluding hydrogens is 306 g/mol. The van der Waals surface area contributed by atoms with E-state index in [0.717, 1.165) is 11.3 Å². The van der Waals surface area contributed by atoms with E-state index in [1.165, 1.54) is 33.3 Å². The molecule has 124 valence electrons. The molecule has 0 fully saturated rings. The predicted molar refractivity (Wildman–Crippen MR) is 104 cm³/mol. The van der Waals surface area contributed by atoms with Gasteiger partial charge in [-0.3, -0.25) is 0 Å². The highest BCUT2D eigenvalue weighted by Crippen LogP contribution is 2.32. The molecule has 1 aromatic heterocycles. The second kappa shape index (κ2) is 6.48. The van der Waals surface area contributed by atoms with Gasteiger partial charge in [0, 0.05) is 16.6 Å². The topological polar surface area (TPSA) is 25.0 Å². The molecule has 3 aromatic carbocycles. The third kappa shape index (κ3) is 3.16. The molecule has 4 rings (SSSR count). The van der Waals surface area contributed by atoms with Gasteiger partial charge in [-0.1, -0.05) is 60.2 Å². The molecule has 0 saturated carbocycles. The first-order valence-electron chi connectivity index (χ1n) is 8.57. The van der Waals surface area contributed by atoms with Crippen LogP contribution in [0.2, 0.25) is 0 Å². The Hall–Kier alpha value is -3.00. The van der Waals surface area contributed by atoms with E-state index in [9.17, 15) is 0 Å². The highest BCUT2D eigenvalue weighted by molar-refractivity contribution is 5.91. The summed E-state index contributed by atoms with van der Waals surface area (Å²) in [6.45, 7) is 4.85. The van der Waals surface area contributed by atoms with E-state index >= 15 is 0 Å². The Bertz CT molecular complexity index is 998. The summed E-state index contributed by atoms with van der Waals surface area (Å²) in [5.74, 6) is 0.897. The summed E-state index contributed by atoms with van der Waals surface area (Å²) in [7, 11) is 0. The van der Waals surface area contributed by atoms with Gasteiger partial charge < -0.3 is 9.72 Å². The van der Waals surface area contributed by atoms with Crippen LogP contribution in [0.5, 0.6) is 5.75 Å². The maximum absolute atomic E-state index is 5.97. The SMILES string of the molecule is Cc1ccc(-c2[nH]c3ccc(OCc4ccccc4)cc3c2C)cc1. The van der Waals surface area contributed by atoms with Crippen LogP contribution < -0.4 is 4.74 Å². The standard InChI is InChI=1S/C23H21NO/c1-16-8-10-19(11-9-16)23-17(2)21-14-20(12-13-22(21)24-23)25-15-18-6-4-3-5-7-18/h3-14,24H,15H2,1-2H3. The number of aromatic nitrogens is 1. The fraction of sp³-hybridized carbons (Fsp3) is 0.130. The minimum absolute atomic E-state index is 0.584. The molecule has 1 heterocycles. The van der Waals surface area contributed by atoms with E-state index in [1.54, 1.807) is 0 Å². The summed E-state index contributed by atoms with van der Waals surface area (Å²) in [6, 6.07) is 25.1. The predicted octanol–water partition coefficient (Wildman–Crippen LogP) is 6.03. The van der Waals surface area contributed by atoms with Crippen molar-refractivity contribution in [2.75, 3.05) is 0 Å². The molecule has 25 heavy (non-hydrogen) atoms. The number of fused-ring (bicyclic) bond motifs is 1. The van der Waals surface area contributed by atoms with Gasteiger partial charge in [-0.05, 0) is 48.7 Å².